The molecule has 1 aliphatic heterocycles. The molecule has 2 aromatic carbocycles. The number of aromatic nitrogens is 2. The van der Waals surface area contributed by atoms with Gasteiger partial charge in [-0.05, 0) is 31.0 Å². The Balaban J connectivity index is 1.35. The van der Waals surface area contributed by atoms with E-state index in [0.717, 1.165) is 24.5 Å². The van der Waals surface area contributed by atoms with Gasteiger partial charge in [-0.15, -0.1) is 0 Å². The van der Waals surface area contributed by atoms with Crippen LogP contribution in [0.3, 0.4) is 0 Å². The average Bonchev–Trinajstić information content (AvgIpc) is 2.92. The number of hydrogen-bond donors (Lipinski definition) is 2. The zero-order chi connectivity index (χ0) is 25.9. The molecular weight excluding hydrogens is 472 g/mol. The standard InChI is InChI=1S/C27H32N6O4/c1-20-6-3-7-21(16-20)19-28-32-25-18-26(33-11-14-36-15-12-33)31-24(30-25)10-5-13-37-27(34)29-22-8-4-9-23(17-22)35-2/h3-4,6-9,16-19H,5,10-15H2,1-2H3,(H,29,34)(H,30,31,32)/b28-19+. The first-order valence-electron chi connectivity index (χ1n) is 12.2. The van der Waals surface area contributed by atoms with E-state index >= 15 is 0 Å². The molecule has 0 aliphatic carbocycles. The van der Waals surface area contributed by atoms with E-state index in [2.05, 4.69) is 31.8 Å². The number of rotatable bonds is 10. The highest BCUT2D eigenvalue weighted by Crippen LogP contribution is 2.19. The Hall–Kier alpha value is -4.18. The summed E-state index contributed by atoms with van der Waals surface area (Å²) in [4.78, 5) is 23.7. The van der Waals surface area contributed by atoms with E-state index in [9.17, 15) is 4.79 Å². The molecule has 1 amide bonds. The number of methoxy groups -OCH3 is 1. The van der Waals surface area contributed by atoms with Crippen LogP contribution in [0.15, 0.2) is 59.7 Å². The second-order valence-electron chi connectivity index (χ2n) is 8.51. The van der Waals surface area contributed by atoms with E-state index in [1.54, 1.807) is 37.6 Å². The molecule has 4 rings (SSSR count). The molecule has 1 saturated heterocycles. The van der Waals surface area contributed by atoms with Gasteiger partial charge in [-0.2, -0.15) is 5.10 Å². The fourth-order valence-corrected chi connectivity index (χ4v) is 3.78. The third-order valence-corrected chi connectivity index (χ3v) is 5.62. The van der Waals surface area contributed by atoms with Gasteiger partial charge in [0.1, 0.15) is 17.4 Å². The molecule has 1 aliphatic rings. The first kappa shape index (κ1) is 25.9. The number of amides is 1. The Kier molecular flexibility index (Phi) is 9.25. The number of hydrazone groups is 1. The number of nitrogens with one attached hydrogen (secondary N) is 2. The molecule has 2 heterocycles. The minimum Gasteiger partial charge on any atom is -0.497 e. The SMILES string of the molecule is COc1cccc(NC(=O)OCCCc2nc(N/N=C/c3cccc(C)c3)cc(N3CCOCC3)n2)c1. The Morgan fingerprint density at radius 3 is 2.78 bits per heavy atom. The van der Waals surface area contributed by atoms with Gasteiger partial charge in [0.25, 0.3) is 0 Å². The lowest BCUT2D eigenvalue weighted by Gasteiger charge is -2.28. The zero-order valence-corrected chi connectivity index (χ0v) is 21.1. The molecule has 1 fully saturated rings. The molecule has 10 nitrogen and oxygen atoms in total. The topological polar surface area (TPSA) is 110 Å². The Bertz CT molecular complexity index is 1210. The van der Waals surface area contributed by atoms with Crippen molar-refractivity contribution < 1.29 is 19.0 Å². The highest BCUT2D eigenvalue weighted by atomic mass is 16.5. The Morgan fingerprint density at radius 2 is 1.97 bits per heavy atom. The van der Waals surface area contributed by atoms with E-state index in [4.69, 9.17) is 19.2 Å². The highest BCUT2D eigenvalue weighted by molar-refractivity contribution is 5.84. The van der Waals surface area contributed by atoms with Gasteiger partial charge in [-0.25, -0.2) is 14.8 Å². The van der Waals surface area contributed by atoms with Gasteiger partial charge < -0.3 is 19.1 Å². The summed E-state index contributed by atoms with van der Waals surface area (Å²) in [6.45, 7) is 5.11. The summed E-state index contributed by atoms with van der Waals surface area (Å²) >= 11 is 0. The second-order valence-corrected chi connectivity index (χ2v) is 8.51. The van der Waals surface area contributed by atoms with E-state index in [1.165, 1.54) is 5.56 Å². The molecule has 3 aromatic rings. The minimum atomic E-state index is -0.524. The van der Waals surface area contributed by atoms with Crippen molar-refractivity contribution >= 4 is 29.6 Å². The summed E-state index contributed by atoms with van der Waals surface area (Å²) < 4.78 is 16.0. The number of benzene rings is 2. The average molecular weight is 505 g/mol. The van der Waals surface area contributed by atoms with Crippen LogP contribution < -0.4 is 20.4 Å². The molecular formula is C27H32N6O4. The molecule has 0 spiro atoms. The number of ether oxygens (including phenoxy) is 3. The van der Waals surface area contributed by atoms with Crippen LogP contribution in [-0.4, -0.2) is 62.3 Å². The van der Waals surface area contributed by atoms with Crippen LogP contribution in [0.2, 0.25) is 0 Å². The van der Waals surface area contributed by atoms with E-state index in [-0.39, 0.29) is 6.61 Å². The smallest absolute Gasteiger partial charge is 0.411 e. The van der Waals surface area contributed by atoms with Gasteiger partial charge in [0.2, 0.25) is 0 Å². The maximum absolute atomic E-state index is 12.1. The van der Waals surface area contributed by atoms with Crippen molar-refractivity contribution in [2.24, 2.45) is 5.10 Å². The van der Waals surface area contributed by atoms with E-state index in [1.807, 2.05) is 31.2 Å². The van der Waals surface area contributed by atoms with Crippen LogP contribution in [-0.2, 0) is 15.9 Å². The predicted octanol–water partition coefficient (Wildman–Crippen LogP) is 4.26. The highest BCUT2D eigenvalue weighted by Gasteiger charge is 2.15. The molecule has 0 bridgehead atoms. The summed E-state index contributed by atoms with van der Waals surface area (Å²) in [6, 6.07) is 17.1. The first-order chi connectivity index (χ1) is 18.1. The lowest BCUT2D eigenvalue weighted by atomic mass is 10.2. The van der Waals surface area contributed by atoms with Gasteiger partial charge in [-0.3, -0.25) is 10.7 Å². The summed E-state index contributed by atoms with van der Waals surface area (Å²) in [5.74, 6) is 2.72. The third kappa shape index (κ3) is 8.18. The summed E-state index contributed by atoms with van der Waals surface area (Å²) in [7, 11) is 1.57. The van der Waals surface area contributed by atoms with Crippen molar-refractivity contribution in [1.82, 2.24) is 9.97 Å². The quantitative estimate of drug-likeness (QED) is 0.239. The minimum absolute atomic E-state index is 0.231. The lowest BCUT2D eigenvalue weighted by molar-refractivity contribution is 0.122. The molecule has 0 radical (unpaired) electrons. The van der Waals surface area contributed by atoms with Crippen LogP contribution >= 0.6 is 0 Å². The van der Waals surface area contributed by atoms with Gasteiger partial charge in [0.05, 0.1) is 33.1 Å². The molecule has 10 heteroatoms. The molecule has 194 valence electrons. The van der Waals surface area contributed by atoms with Crippen molar-refractivity contribution in [1.29, 1.82) is 0 Å². The van der Waals surface area contributed by atoms with Gasteiger partial charge in [-0.1, -0.05) is 35.9 Å². The van der Waals surface area contributed by atoms with E-state index < -0.39 is 6.09 Å². The number of carbonyl (C=O) groups excluding carboxylic acids is 1. The van der Waals surface area contributed by atoms with Crippen molar-refractivity contribution in [2.45, 2.75) is 19.8 Å². The van der Waals surface area contributed by atoms with Crippen LogP contribution in [0.5, 0.6) is 5.75 Å². The third-order valence-electron chi connectivity index (χ3n) is 5.62. The van der Waals surface area contributed by atoms with Gasteiger partial charge in [0.15, 0.2) is 5.82 Å². The van der Waals surface area contributed by atoms with E-state index in [0.29, 0.717) is 49.1 Å². The van der Waals surface area contributed by atoms with Crippen molar-refractivity contribution in [3.05, 3.63) is 71.5 Å². The molecule has 2 N–H and O–H groups in total. The summed E-state index contributed by atoms with van der Waals surface area (Å²) in [6.07, 6.45) is 2.35. The van der Waals surface area contributed by atoms with Crippen molar-refractivity contribution in [3.63, 3.8) is 0 Å². The number of nitrogens with zero attached hydrogens (tertiary/aromatic N) is 4. The molecule has 1 aromatic heterocycles. The number of anilines is 3. The number of hydrogen-bond acceptors (Lipinski definition) is 9. The molecule has 0 unspecified atom stereocenters. The number of aryl methyl sites for hydroxylation is 2. The maximum Gasteiger partial charge on any atom is 0.411 e. The van der Waals surface area contributed by atoms with Crippen LogP contribution in [0.1, 0.15) is 23.4 Å². The molecule has 0 saturated carbocycles. The van der Waals surface area contributed by atoms with Crippen LogP contribution in [0.25, 0.3) is 0 Å². The molecule has 0 atom stereocenters. The second kappa shape index (κ2) is 13.2. The number of morpholine rings is 1. The molecule has 37 heavy (non-hydrogen) atoms. The summed E-state index contributed by atoms with van der Waals surface area (Å²) in [5, 5.41) is 7.06. The van der Waals surface area contributed by atoms with Crippen molar-refractivity contribution in [3.8, 4) is 5.75 Å². The predicted molar refractivity (Wildman–Crippen MR) is 144 cm³/mol. The first-order valence-corrected chi connectivity index (χ1v) is 12.2. The fourth-order valence-electron chi connectivity index (χ4n) is 3.78. The van der Waals surface area contributed by atoms with Crippen LogP contribution in [0.4, 0.5) is 22.1 Å². The van der Waals surface area contributed by atoms with Crippen molar-refractivity contribution in [2.75, 3.05) is 55.7 Å². The summed E-state index contributed by atoms with van der Waals surface area (Å²) in [5.41, 5.74) is 5.81. The lowest BCUT2D eigenvalue weighted by Crippen LogP contribution is -2.37. The van der Waals surface area contributed by atoms with Crippen LogP contribution in [0, 0.1) is 6.92 Å². The largest absolute Gasteiger partial charge is 0.497 e. The monoisotopic (exact) mass is 504 g/mol. The fraction of sp³-hybridized carbons (Fsp3) is 0.333. The van der Waals surface area contributed by atoms with Gasteiger partial charge in [0, 0.05) is 37.3 Å². The Labute approximate surface area is 216 Å². The van der Waals surface area contributed by atoms with Gasteiger partial charge >= 0.3 is 6.09 Å². The number of carbonyl (C=O) groups is 1. The normalized spacial score (nSPS) is 13.4. The zero-order valence-electron chi connectivity index (χ0n) is 21.1. The Morgan fingerprint density at radius 1 is 1.14 bits per heavy atom. The maximum atomic E-state index is 12.1.